The van der Waals surface area contributed by atoms with Gasteiger partial charge in [-0.25, -0.2) is 9.97 Å². The van der Waals surface area contributed by atoms with Crippen molar-refractivity contribution in [1.82, 2.24) is 25.1 Å². The second kappa shape index (κ2) is 9.02. The summed E-state index contributed by atoms with van der Waals surface area (Å²) >= 11 is 1.71. The number of carbonyl (C=O) groups is 1. The standard InChI is InChI=1S/C18H28N6OS/c1-11-9-12(2)21-18(20-11)22-16(7-8-26-6)17(25)19-10-15-13(3)23-24(5)14(15)4/h9,16H,7-8,10H2,1-6H3,(H,19,25)(H,20,21,22)/t16-/m1/s1. The smallest absolute Gasteiger partial charge is 0.242 e. The number of hydrogen-bond acceptors (Lipinski definition) is 6. The lowest BCUT2D eigenvalue weighted by Crippen LogP contribution is -2.40. The largest absolute Gasteiger partial charge is 0.350 e. The van der Waals surface area contributed by atoms with E-state index in [9.17, 15) is 4.79 Å². The first-order chi connectivity index (χ1) is 12.3. The number of rotatable bonds is 8. The Bertz CT molecular complexity index is 753. The summed E-state index contributed by atoms with van der Waals surface area (Å²) in [4.78, 5) is 21.5. The molecule has 8 heteroatoms. The van der Waals surface area contributed by atoms with Crippen LogP contribution in [0.3, 0.4) is 0 Å². The van der Waals surface area contributed by atoms with E-state index < -0.39 is 0 Å². The maximum absolute atomic E-state index is 12.8. The third kappa shape index (κ3) is 5.20. The predicted octanol–water partition coefficient (Wildman–Crippen LogP) is 2.29. The van der Waals surface area contributed by atoms with Crippen molar-refractivity contribution in [2.24, 2.45) is 7.05 Å². The van der Waals surface area contributed by atoms with Crippen LogP contribution in [0.15, 0.2) is 6.07 Å². The van der Waals surface area contributed by atoms with Gasteiger partial charge in [0.1, 0.15) is 6.04 Å². The number of thioether (sulfide) groups is 1. The van der Waals surface area contributed by atoms with Crippen LogP contribution in [0.1, 0.15) is 34.8 Å². The van der Waals surface area contributed by atoms with Crippen LogP contribution < -0.4 is 10.6 Å². The topological polar surface area (TPSA) is 84.7 Å². The quantitative estimate of drug-likeness (QED) is 0.735. The number of carbonyl (C=O) groups excluding carboxylic acids is 1. The minimum Gasteiger partial charge on any atom is -0.350 e. The van der Waals surface area contributed by atoms with Crippen LogP contribution in [-0.4, -0.2) is 43.7 Å². The molecule has 0 saturated heterocycles. The number of amides is 1. The Hall–Kier alpha value is -2.09. The number of anilines is 1. The number of nitrogens with one attached hydrogen (secondary N) is 2. The van der Waals surface area contributed by atoms with Crippen molar-refractivity contribution in [2.45, 2.75) is 46.7 Å². The van der Waals surface area contributed by atoms with Gasteiger partial charge >= 0.3 is 0 Å². The van der Waals surface area contributed by atoms with Gasteiger partial charge < -0.3 is 10.6 Å². The molecule has 0 aliphatic carbocycles. The maximum atomic E-state index is 12.8. The maximum Gasteiger partial charge on any atom is 0.242 e. The summed E-state index contributed by atoms with van der Waals surface area (Å²) in [5, 5.41) is 10.6. The highest BCUT2D eigenvalue weighted by molar-refractivity contribution is 7.98. The second-order valence-electron chi connectivity index (χ2n) is 6.44. The molecule has 0 unspecified atom stereocenters. The van der Waals surface area contributed by atoms with Crippen LogP contribution in [0.25, 0.3) is 0 Å². The summed E-state index contributed by atoms with van der Waals surface area (Å²) < 4.78 is 1.84. The minimum absolute atomic E-state index is 0.0514. The molecule has 2 aromatic heterocycles. The van der Waals surface area contributed by atoms with E-state index in [-0.39, 0.29) is 11.9 Å². The Labute approximate surface area is 159 Å². The minimum atomic E-state index is -0.374. The van der Waals surface area contributed by atoms with E-state index in [4.69, 9.17) is 0 Å². The molecule has 2 N–H and O–H groups in total. The van der Waals surface area contributed by atoms with Crippen LogP contribution >= 0.6 is 11.8 Å². The van der Waals surface area contributed by atoms with E-state index in [0.717, 1.165) is 34.1 Å². The summed E-state index contributed by atoms with van der Waals surface area (Å²) in [7, 11) is 1.91. The van der Waals surface area contributed by atoms with Crippen molar-refractivity contribution in [2.75, 3.05) is 17.3 Å². The lowest BCUT2D eigenvalue weighted by atomic mass is 10.1. The lowest BCUT2D eigenvalue weighted by Gasteiger charge is -2.18. The van der Waals surface area contributed by atoms with E-state index >= 15 is 0 Å². The van der Waals surface area contributed by atoms with Gasteiger partial charge in [0, 0.05) is 36.2 Å². The molecule has 142 valence electrons. The normalized spacial score (nSPS) is 12.1. The summed E-state index contributed by atoms with van der Waals surface area (Å²) in [5.74, 6) is 1.32. The fraction of sp³-hybridized carbons (Fsp3) is 0.556. The molecule has 0 bridgehead atoms. The number of aryl methyl sites for hydroxylation is 4. The van der Waals surface area contributed by atoms with Crippen molar-refractivity contribution in [3.8, 4) is 0 Å². The summed E-state index contributed by atoms with van der Waals surface area (Å²) in [6, 6.07) is 1.54. The second-order valence-corrected chi connectivity index (χ2v) is 7.43. The van der Waals surface area contributed by atoms with Crippen molar-refractivity contribution in [3.05, 3.63) is 34.4 Å². The number of aromatic nitrogens is 4. The molecular formula is C18H28N6OS. The predicted molar refractivity (Wildman–Crippen MR) is 106 cm³/mol. The first kappa shape index (κ1) is 20.2. The van der Waals surface area contributed by atoms with Gasteiger partial charge in [0.05, 0.1) is 5.69 Å². The molecule has 2 rings (SSSR count). The zero-order valence-corrected chi connectivity index (χ0v) is 17.2. The van der Waals surface area contributed by atoms with Crippen LogP contribution in [0.4, 0.5) is 5.95 Å². The van der Waals surface area contributed by atoms with Gasteiger partial charge in [-0.05, 0) is 52.2 Å². The average molecular weight is 377 g/mol. The van der Waals surface area contributed by atoms with Crippen LogP contribution in [0.2, 0.25) is 0 Å². The van der Waals surface area contributed by atoms with Gasteiger partial charge in [-0.1, -0.05) is 0 Å². The van der Waals surface area contributed by atoms with E-state index in [1.165, 1.54) is 0 Å². The molecule has 2 aromatic rings. The van der Waals surface area contributed by atoms with E-state index in [2.05, 4.69) is 25.7 Å². The Morgan fingerprint density at radius 1 is 1.23 bits per heavy atom. The van der Waals surface area contributed by atoms with Gasteiger partial charge in [0.25, 0.3) is 0 Å². The molecule has 0 radical (unpaired) electrons. The Kier molecular flexibility index (Phi) is 7.02. The molecule has 0 aliphatic heterocycles. The van der Waals surface area contributed by atoms with E-state index in [1.807, 2.05) is 51.7 Å². The molecule has 0 aliphatic rings. The molecule has 0 spiro atoms. The third-order valence-electron chi connectivity index (χ3n) is 4.31. The van der Waals surface area contributed by atoms with Crippen LogP contribution in [-0.2, 0) is 18.4 Å². The molecule has 0 aromatic carbocycles. The molecule has 1 amide bonds. The first-order valence-corrected chi connectivity index (χ1v) is 10.1. The Morgan fingerprint density at radius 3 is 2.42 bits per heavy atom. The zero-order chi connectivity index (χ0) is 19.3. The summed E-state index contributed by atoms with van der Waals surface area (Å²) in [5.41, 5.74) is 4.83. The fourth-order valence-corrected chi connectivity index (χ4v) is 3.29. The van der Waals surface area contributed by atoms with E-state index in [0.29, 0.717) is 18.9 Å². The third-order valence-corrected chi connectivity index (χ3v) is 4.95. The van der Waals surface area contributed by atoms with Gasteiger partial charge in [-0.3, -0.25) is 9.48 Å². The average Bonchev–Trinajstić information content (AvgIpc) is 2.80. The molecule has 0 fully saturated rings. The van der Waals surface area contributed by atoms with Gasteiger partial charge in [-0.2, -0.15) is 16.9 Å². The Morgan fingerprint density at radius 2 is 1.88 bits per heavy atom. The summed E-state index contributed by atoms with van der Waals surface area (Å²) in [6.07, 6.45) is 2.74. The Balaban J connectivity index is 2.08. The molecule has 7 nitrogen and oxygen atoms in total. The number of hydrogen-bond donors (Lipinski definition) is 2. The monoisotopic (exact) mass is 376 g/mol. The van der Waals surface area contributed by atoms with Crippen molar-refractivity contribution >= 4 is 23.6 Å². The lowest BCUT2D eigenvalue weighted by molar-refractivity contribution is -0.122. The van der Waals surface area contributed by atoms with Crippen molar-refractivity contribution in [3.63, 3.8) is 0 Å². The van der Waals surface area contributed by atoms with Crippen LogP contribution in [0, 0.1) is 27.7 Å². The molecule has 1 atom stereocenters. The molecular weight excluding hydrogens is 348 g/mol. The molecule has 2 heterocycles. The number of nitrogens with zero attached hydrogens (tertiary/aromatic N) is 4. The highest BCUT2D eigenvalue weighted by atomic mass is 32.2. The highest BCUT2D eigenvalue weighted by Crippen LogP contribution is 2.13. The van der Waals surface area contributed by atoms with Gasteiger partial charge in [0.2, 0.25) is 11.9 Å². The molecule has 26 heavy (non-hydrogen) atoms. The SMILES string of the molecule is CSCC[C@@H](Nc1nc(C)cc(C)n1)C(=O)NCc1c(C)nn(C)c1C. The van der Waals surface area contributed by atoms with E-state index in [1.54, 1.807) is 11.8 Å². The summed E-state index contributed by atoms with van der Waals surface area (Å²) in [6.45, 7) is 8.28. The first-order valence-electron chi connectivity index (χ1n) is 8.66. The van der Waals surface area contributed by atoms with Crippen LogP contribution in [0.5, 0.6) is 0 Å². The zero-order valence-electron chi connectivity index (χ0n) is 16.4. The van der Waals surface area contributed by atoms with Crippen molar-refractivity contribution in [1.29, 1.82) is 0 Å². The molecule has 0 saturated carbocycles. The highest BCUT2D eigenvalue weighted by Gasteiger charge is 2.20. The fourth-order valence-electron chi connectivity index (χ4n) is 2.82. The van der Waals surface area contributed by atoms with Gasteiger partial charge in [-0.15, -0.1) is 0 Å². The van der Waals surface area contributed by atoms with Crippen molar-refractivity contribution < 1.29 is 4.79 Å². The van der Waals surface area contributed by atoms with Gasteiger partial charge in [0.15, 0.2) is 0 Å².